The van der Waals surface area contributed by atoms with Gasteiger partial charge in [0.05, 0.1) is 0 Å². The first-order valence-corrected chi connectivity index (χ1v) is 8.80. The van der Waals surface area contributed by atoms with Crippen LogP contribution in [-0.4, -0.2) is 11.6 Å². The molecule has 2 fully saturated rings. The van der Waals surface area contributed by atoms with Crippen molar-refractivity contribution in [3.05, 3.63) is 47.8 Å². The Hall–Kier alpha value is -2.36. The first kappa shape index (κ1) is 16.5. The van der Waals surface area contributed by atoms with Crippen LogP contribution in [0.4, 0.5) is 11.4 Å². The van der Waals surface area contributed by atoms with Crippen LogP contribution in [0.3, 0.4) is 0 Å². The van der Waals surface area contributed by atoms with E-state index in [-0.39, 0.29) is 11.6 Å². The van der Waals surface area contributed by atoms with Gasteiger partial charge in [0.1, 0.15) is 0 Å². The van der Waals surface area contributed by atoms with Crippen LogP contribution in [0.5, 0.6) is 0 Å². The maximum Gasteiger partial charge on any atom is 0.160 e. The molecule has 0 saturated heterocycles. The number of carbonyl (C=O) groups excluding carboxylic acids is 2. The van der Waals surface area contributed by atoms with E-state index in [1.165, 1.54) is 0 Å². The van der Waals surface area contributed by atoms with Gasteiger partial charge < -0.3 is 10.6 Å². The molecule has 4 heteroatoms. The second-order valence-corrected chi connectivity index (χ2v) is 6.47. The summed E-state index contributed by atoms with van der Waals surface area (Å²) < 4.78 is 0. The Kier molecular flexibility index (Phi) is 5.47. The monoisotopic (exact) mass is 324 g/mol. The molecule has 3 rings (SSSR count). The number of Topliss-reactive ketones (excluding diaryl/α,β-unsaturated/α-hetero) is 2. The SMILES string of the molecule is O=C1CCCC/C1=C\Nc1ccc(N/C=C2\CCCCC2=O)cc1. The second kappa shape index (κ2) is 7.95. The van der Waals surface area contributed by atoms with Gasteiger partial charge in [0.2, 0.25) is 0 Å². The maximum atomic E-state index is 11.8. The number of carbonyl (C=O) groups is 2. The zero-order valence-electron chi connectivity index (χ0n) is 13.9. The fraction of sp³-hybridized carbons (Fsp3) is 0.400. The predicted octanol–water partition coefficient (Wildman–Crippen LogP) is 4.56. The van der Waals surface area contributed by atoms with Crippen molar-refractivity contribution in [1.82, 2.24) is 0 Å². The normalized spacial score (nSPS) is 22.0. The lowest BCUT2D eigenvalue weighted by Crippen LogP contribution is -2.10. The van der Waals surface area contributed by atoms with Crippen LogP contribution in [0.2, 0.25) is 0 Å². The van der Waals surface area contributed by atoms with Crippen molar-refractivity contribution in [2.24, 2.45) is 0 Å². The smallest absolute Gasteiger partial charge is 0.160 e. The summed E-state index contributed by atoms with van der Waals surface area (Å²) >= 11 is 0. The number of rotatable bonds is 4. The molecule has 0 atom stereocenters. The molecule has 0 heterocycles. The van der Waals surface area contributed by atoms with Gasteiger partial charge in [0.25, 0.3) is 0 Å². The van der Waals surface area contributed by atoms with E-state index in [0.717, 1.165) is 61.0 Å². The van der Waals surface area contributed by atoms with Crippen molar-refractivity contribution in [3.8, 4) is 0 Å². The first-order chi connectivity index (χ1) is 11.7. The number of hydrogen-bond acceptors (Lipinski definition) is 4. The Morgan fingerprint density at radius 1 is 0.625 bits per heavy atom. The van der Waals surface area contributed by atoms with Crippen molar-refractivity contribution in [3.63, 3.8) is 0 Å². The standard InChI is InChI=1S/C20H24N2O2/c23-19-7-3-1-5-15(19)13-21-17-9-11-18(12-10-17)22-14-16-6-2-4-8-20(16)24/h9-14,21-22H,1-8H2/b15-13+,16-14+. The third-order valence-electron chi connectivity index (χ3n) is 4.63. The van der Waals surface area contributed by atoms with Gasteiger partial charge in [-0.25, -0.2) is 0 Å². The zero-order valence-corrected chi connectivity index (χ0v) is 13.9. The topological polar surface area (TPSA) is 58.2 Å². The minimum Gasteiger partial charge on any atom is -0.361 e. The average Bonchev–Trinajstić information content (AvgIpc) is 2.61. The summed E-state index contributed by atoms with van der Waals surface area (Å²) in [5.74, 6) is 0.520. The third-order valence-corrected chi connectivity index (χ3v) is 4.63. The highest BCUT2D eigenvalue weighted by Gasteiger charge is 2.15. The molecule has 2 aliphatic rings. The molecule has 4 nitrogen and oxygen atoms in total. The van der Waals surface area contributed by atoms with Gasteiger partial charge in [-0.1, -0.05) is 0 Å². The molecule has 0 aromatic heterocycles. The van der Waals surface area contributed by atoms with Crippen molar-refractivity contribution >= 4 is 22.9 Å². The molecule has 0 radical (unpaired) electrons. The molecule has 1 aromatic carbocycles. The van der Waals surface area contributed by atoms with Crippen LogP contribution >= 0.6 is 0 Å². The van der Waals surface area contributed by atoms with Crippen LogP contribution in [0, 0.1) is 0 Å². The molecule has 0 aliphatic heterocycles. The molecule has 2 N–H and O–H groups in total. The molecule has 0 unspecified atom stereocenters. The summed E-state index contributed by atoms with van der Waals surface area (Å²) in [5.41, 5.74) is 3.69. The number of anilines is 2. The molecule has 24 heavy (non-hydrogen) atoms. The van der Waals surface area contributed by atoms with E-state index >= 15 is 0 Å². The Balaban J connectivity index is 1.57. The third kappa shape index (κ3) is 4.34. The van der Waals surface area contributed by atoms with E-state index in [9.17, 15) is 9.59 Å². The quantitative estimate of drug-likeness (QED) is 0.797. The van der Waals surface area contributed by atoms with Gasteiger partial charge in [-0.15, -0.1) is 0 Å². The molecule has 0 spiro atoms. The van der Waals surface area contributed by atoms with E-state index in [0.29, 0.717) is 12.8 Å². The molecule has 2 saturated carbocycles. The van der Waals surface area contributed by atoms with Crippen LogP contribution in [-0.2, 0) is 9.59 Å². The lowest BCUT2D eigenvalue weighted by Gasteiger charge is -2.13. The molecule has 2 aliphatic carbocycles. The number of hydrogen-bond donors (Lipinski definition) is 2. The van der Waals surface area contributed by atoms with Crippen molar-refractivity contribution in [2.75, 3.05) is 10.6 Å². The fourth-order valence-electron chi connectivity index (χ4n) is 3.11. The maximum absolute atomic E-state index is 11.8. The Bertz CT molecular complexity index is 612. The highest BCUT2D eigenvalue weighted by atomic mass is 16.1. The summed E-state index contributed by atoms with van der Waals surface area (Å²) in [6.07, 6.45) is 11.0. The van der Waals surface area contributed by atoms with Gasteiger partial charge in [-0.3, -0.25) is 9.59 Å². The molecule has 0 amide bonds. The van der Waals surface area contributed by atoms with Crippen molar-refractivity contribution in [1.29, 1.82) is 0 Å². The van der Waals surface area contributed by atoms with Gasteiger partial charge in [0.15, 0.2) is 11.6 Å². The summed E-state index contributed by atoms with van der Waals surface area (Å²) in [6, 6.07) is 7.86. The van der Waals surface area contributed by atoms with Crippen LogP contribution < -0.4 is 10.6 Å². The lowest BCUT2D eigenvalue weighted by molar-refractivity contribution is -0.117. The van der Waals surface area contributed by atoms with Gasteiger partial charge in [0, 0.05) is 47.8 Å². The van der Waals surface area contributed by atoms with Gasteiger partial charge >= 0.3 is 0 Å². The molecule has 126 valence electrons. The molecular formula is C20H24N2O2. The van der Waals surface area contributed by atoms with E-state index in [1.807, 2.05) is 36.7 Å². The molecule has 0 bridgehead atoms. The Morgan fingerprint density at radius 2 is 1.00 bits per heavy atom. The molecular weight excluding hydrogens is 300 g/mol. The van der Waals surface area contributed by atoms with Gasteiger partial charge in [-0.05, 0) is 62.8 Å². The largest absolute Gasteiger partial charge is 0.361 e. The highest BCUT2D eigenvalue weighted by molar-refractivity contribution is 5.96. The predicted molar refractivity (Wildman–Crippen MR) is 96.8 cm³/mol. The van der Waals surface area contributed by atoms with Crippen LogP contribution in [0.1, 0.15) is 51.4 Å². The number of ketones is 2. The highest BCUT2D eigenvalue weighted by Crippen LogP contribution is 2.22. The van der Waals surface area contributed by atoms with Crippen LogP contribution in [0.15, 0.2) is 47.8 Å². The number of nitrogens with one attached hydrogen (secondary N) is 2. The first-order valence-electron chi connectivity index (χ1n) is 8.80. The minimum atomic E-state index is 0.260. The summed E-state index contributed by atoms with van der Waals surface area (Å²) in [5, 5.41) is 6.41. The summed E-state index contributed by atoms with van der Waals surface area (Å²) in [6.45, 7) is 0. The summed E-state index contributed by atoms with van der Waals surface area (Å²) in [7, 11) is 0. The van der Waals surface area contributed by atoms with E-state index in [2.05, 4.69) is 10.6 Å². The minimum absolute atomic E-state index is 0.260. The zero-order chi connectivity index (χ0) is 16.8. The van der Waals surface area contributed by atoms with E-state index in [1.54, 1.807) is 0 Å². The van der Waals surface area contributed by atoms with E-state index in [4.69, 9.17) is 0 Å². The molecule has 1 aromatic rings. The van der Waals surface area contributed by atoms with E-state index < -0.39 is 0 Å². The average molecular weight is 324 g/mol. The summed E-state index contributed by atoms with van der Waals surface area (Å²) in [4.78, 5) is 23.6. The van der Waals surface area contributed by atoms with Crippen molar-refractivity contribution < 1.29 is 9.59 Å². The number of allylic oxidation sites excluding steroid dienone is 2. The van der Waals surface area contributed by atoms with Crippen LogP contribution in [0.25, 0.3) is 0 Å². The fourth-order valence-corrected chi connectivity index (χ4v) is 3.11. The van der Waals surface area contributed by atoms with Gasteiger partial charge in [-0.2, -0.15) is 0 Å². The second-order valence-electron chi connectivity index (χ2n) is 6.47. The Morgan fingerprint density at radius 3 is 1.38 bits per heavy atom. The lowest BCUT2D eigenvalue weighted by atomic mass is 9.94. The van der Waals surface area contributed by atoms with Crippen molar-refractivity contribution in [2.45, 2.75) is 51.4 Å². The number of benzene rings is 1. The Labute approximate surface area is 143 Å².